The molecule has 0 saturated carbocycles. The van der Waals surface area contributed by atoms with Crippen molar-refractivity contribution in [1.29, 1.82) is 0 Å². The zero-order valence-electron chi connectivity index (χ0n) is 6.79. The molecule has 0 aromatic carbocycles. The van der Waals surface area contributed by atoms with Gasteiger partial charge in [-0.1, -0.05) is 5.16 Å². The van der Waals surface area contributed by atoms with Gasteiger partial charge in [-0.25, -0.2) is 4.98 Å². The van der Waals surface area contributed by atoms with Crippen LogP contribution in [-0.2, 0) is 4.84 Å². The SMILES string of the molecule is CO/N=C(\C)c1scnc1C. The van der Waals surface area contributed by atoms with Crippen LogP contribution < -0.4 is 0 Å². The van der Waals surface area contributed by atoms with Crippen molar-refractivity contribution in [2.24, 2.45) is 5.16 Å². The van der Waals surface area contributed by atoms with Crippen LogP contribution in [0.25, 0.3) is 0 Å². The van der Waals surface area contributed by atoms with E-state index in [1.165, 1.54) is 0 Å². The van der Waals surface area contributed by atoms with E-state index in [0.29, 0.717) is 0 Å². The average molecular weight is 170 g/mol. The molecule has 0 fully saturated rings. The number of oxime groups is 1. The number of aryl methyl sites for hydroxylation is 1. The van der Waals surface area contributed by atoms with Gasteiger partial charge in [-0.15, -0.1) is 11.3 Å². The van der Waals surface area contributed by atoms with Crippen LogP contribution in [0.2, 0.25) is 0 Å². The molecule has 0 N–H and O–H groups in total. The molecule has 1 aromatic heterocycles. The largest absolute Gasteiger partial charge is 0.399 e. The Labute approximate surface area is 69.7 Å². The zero-order valence-corrected chi connectivity index (χ0v) is 7.60. The first-order valence-electron chi connectivity index (χ1n) is 3.24. The lowest BCUT2D eigenvalue weighted by Crippen LogP contribution is -1.94. The summed E-state index contributed by atoms with van der Waals surface area (Å²) in [5, 5.41) is 3.81. The molecule has 0 aliphatic heterocycles. The minimum absolute atomic E-state index is 0.882. The first-order chi connectivity index (χ1) is 5.25. The molecular formula is C7H10N2OS. The second kappa shape index (κ2) is 3.48. The van der Waals surface area contributed by atoms with Gasteiger partial charge >= 0.3 is 0 Å². The Balaban J connectivity index is 2.92. The molecule has 0 saturated heterocycles. The quantitative estimate of drug-likeness (QED) is 0.501. The van der Waals surface area contributed by atoms with Crippen molar-refractivity contribution in [3.63, 3.8) is 0 Å². The molecule has 4 heteroatoms. The van der Waals surface area contributed by atoms with E-state index in [1.807, 2.05) is 13.8 Å². The number of hydrogen-bond acceptors (Lipinski definition) is 4. The molecule has 1 heterocycles. The molecule has 1 rings (SSSR count). The van der Waals surface area contributed by atoms with E-state index >= 15 is 0 Å². The lowest BCUT2D eigenvalue weighted by Gasteiger charge is -1.94. The van der Waals surface area contributed by atoms with E-state index in [1.54, 1.807) is 24.0 Å². The lowest BCUT2D eigenvalue weighted by atomic mass is 10.3. The van der Waals surface area contributed by atoms with E-state index in [9.17, 15) is 0 Å². The average Bonchev–Trinajstić information content (AvgIpc) is 2.36. The van der Waals surface area contributed by atoms with Gasteiger partial charge in [0.25, 0.3) is 0 Å². The summed E-state index contributed by atoms with van der Waals surface area (Å²) in [5.41, 5.74) is 3.69. The summed E-state index contributed by atoms with van der Waals surface area (Å²) in [6.07, 6.45) is 0. The first-order valence-corrected chi connectivity index (χ1v) is 4.12. The number of thiazole rings is 1. The van der Waals surface area contributed by atoms with Crippen molar-refractivity contribution in [2.45, 2.75) is 13.8 Å². The summed E-state index contributed by atoms with van der Waals surface area (Å²) in [6.45, 7) is 3.87. The van der Waals surface area contributed by atoms with Gasteiger partial charge < -0.3 is 4.84 Å². The smallest absolute Gasteiger partial charge is 0.106 e. The molecule has 0 amide bonds. The molecule has 0 atom stereocenters. The summed E-state index contributed by atoms with van der Waals surface area (Å²) in [4.78, 5) is 9.84. The molecular weight excluding hydrogens is 160 g/mol. The minimum Gasteiger partial charge on any atom is -0.399 e. The first kappa shape index (κ1) is 8.20. The fraction of sp³-hybridized carbons (Fsp3) is 0.429. The molecule has 0 aliphatic carbocycles. The van der Waals surface area contributed by atoms with Crippen LogP contribution in [0.4, 0.5) is 0 Å². The highest BCUT2D eigenvalue weighted by Gasteiger charge is 2.04. The molecule has 0 aliphatic rings. The second-order valence-corrected chi connectivity index (χ2v) is 2.98. The third-order valence-corrected chi connectivity index (χ3v) is 2.34. The molecule has 3 nitrogen and oxygen atoms in total. The van der Waals surface area contributed by atoms with Gasteiger partial charge in [0.2, 0.25) is 0 Å². The number of hydrogen-bond donors (Lipinski definition) is 0. The van der Waals surface area contributed by atoms with Gasteiger partial charge in [0, 0.05) is 0 Å². The van der Waals surface area contributed by atoms with Crippen molar-refractivity contribution >= 4 is 17.0 Å². The van der Waals surface area contributed by atoms with Crippen LogP contribution in [0.1, 0.15) is 17.5 Å². The van der Waals surface area contributed by atoms with Crippen LogP contribution in [0.3, 0.4) is 0 Å². The van der Waals surface area contributed by atoms with E-state index in [2.05, 4.69) is 15.0 Å². The second-order valence-electron chi connectivity index (χ2n) is 2.13. The molecule has 0 bridgehead atoms. The maximum Gasteiger partial charge on any atom is 0.106 e. The summed E-state index contributed by atoms with van der Waals surface area (Å²) in [7, 11) is 1.54. The maximum atomic E-state index is 4.65. The monoisotopic (exact) mass is 170 g/mol. The topological polar surface area (TPSA) is 34.5 Å². The minimum atomic E-state index is 0.882. The summed E-state index contributed by atoms with van der Waals surface area (Å²) in [5.74, 6) is 0. The van der Waals surface area contributed by atoms with Gasteiger partial charge in [-0.3, -0.25) is 0 Å². The van der Waals surface area contributed by atoms with Crippen molar-refractivity contribution in [1.82, 2.24) is 4.98 Å². The number of nitrogens with zero attached hydrogens (tertiary/aromatic N) is 2. The highest BCUT2D eigenvalue weighted by molar-refractivity contribution is 7.12. The summed E-state index contributed by atoms with van der Waals surface area (Å²) >= 11 is 1.58. The van der Waals surface area contributed by atoms with Gasteiger partial charge in [-0.2, -0.15) is 0 Å². The molecule has 0 unspecified atom stereocenters. The number of aromatic nitrogens is 1. The van der Waals surface area contributed by atoms with Crippen LogP contribution in [0.5, 0.6) is 0 Å². The van der Waals surface area contributed by atoms with E-state index in [0.717, 1.165) is 16.3 Å². The van der Waals surface area contributed by atoms with Gasteiger partial charge in [0.15, 0.2) is 0 Å². The Bertz CT molecular complexity index is 267. The van der Waals surface area contributed by atoms with Crippen molar-refractivity contribution in [3.05, 3.63) is 16.1 Å². The van der Waals surface area contributed by atoms with Crippen LogP contribution in [0.15, 0.2) is 10.7 Å². The Morgan fingerprint density at radius 2 is 2.45 bits per heavy atom. The van der Waals surface area contributed by atoms with Crippen molar-refractivity contribution in [2.75, 3.05) is 7.11 Å². The van der Waals surface area contributed by atoms with Crippen LogP contribution >= 0.6 is 11.3 Å². The van der Waals surface area contributed by atoms with Crippen molar-refractivity contribution < 1.29 is 4.84 Å². The van der Waals surface area contributed by atoms with Gasteiger partial charge in [0.05, 0.1) is 21.8 Å². The zero-order chi connectivity index (χ0) is 8.27. The third kappa shape index (κ3) is 1.77. The maximum absolute atomic E-state index is 4.65. The standard InChI is InChI=1S/C7H10N2OS/c1-5-7(11-4-8-5)6(2)9-10-3/h4H,1-3H3/b9-6+. The Hall–Kier alpha value is -0.900. The fourth-order valence-corrected chi connectivity index (χ4v) is 1.57. The summed E-state index contributed by atoms with van der Waals surface area (Å²) < 4.78 is 0. The van der Waals surface area contributed by atoms with Gasteiger partial charge in [0.1, 0.15) is 7.11 Å². The van der Waals surface area contributed by atoms with Crippen LogP contribution in [-0.4, -0.2) is 17.8 Å². The molecule has 1 aromatic rings. The molecule has 0 radical (unpaired) electrons. The third-order valence-electron chi connectivity index (χ3n) is 1.30. The van der Waals surface area contributed by atoms with Crippen LogP contribution in [0, 0.1) is 6.92 Å². The van der Waals surface area contributed by atoms with Gasteiger partial charge in [-0.05, 0) is 13.8 Å². The molecule has 60 valence electrons. The highest BCUT2D eigenvalue weighted by atomic mass is 32.1. The summed E-state index contributed by atoms with van der Waals surface area (Å²) in [6, 6.07) is 0. The van der Waals surface area contributed by atoms with Crippen molar-refractivity contribution in [3.8, 4) is 0 Å². The Morgan fingerprint density at radius 3 is 2.91 bits per heavy atom. The van der Waals surface area contributed by atoms with E-state index in [4.69, 9.17) is 0 Å². The predicted molar refractivity (Wildman–Crippen MR) is 46.1 cm³/mol. The normalized spacial score (nSPS) is 11.7. The van der Waals surface area contributed by atoms with E-state index in [-0.39, 0.29) is 0 Å². The Morgan fingerprint density at radius 1 is 1.73 bits per heavy atom. The predicted octanol–water partition coefficient (Wildman–Crippen LogP) is 1.82. The molecule has 11 heavy (non-hydrogen) atoms. The number of rotatable bonds is 2. The lowest BCUT2D eigenvalue weighted by molar-refractivity contribution is 0.213. The fourth-order valence-electron chi connectivity index (χ4n) is 0.827. The molecule has 0 spiro atoms. The Kier molecular flexibility index (Phi) is 2.59. The highest BCUT2D eigenvalue weighted by Crippen LogP contribution is 2.12. The van der Waals surface area contributed by atoms with E-state index < -0.39 is 0 Å².